The second kappa shape index (κ2) is 4.67. The van der Waals surface area contributed by atoms with Crippen LogP contribution in [0.2, 0.25) is 0 Å². The third-order valence-corrected chi connectivity index (χ3v) is 2.93. The van der Waals surface area contributed by atoms with Gasteiger partial charge in [0.05, 0.1) is 17.3 Å². The number of nitrogens with one attached hydrogen (secondary N) is 1. The van der Waals surface area contributed by atoms with Crippen molar-refractivity contribution in [1.82, 2.24) is 9.78 Å². The van der Waals surface area contributed by atoms with E-state index in [4.69, 9.17) is 10.5 Å². The standard InChI is InChI=1S/C11H13BrN4O/c1-16-6-9(13)11(15-16)14-7-3-4-8(12)10(5-7)17-2/h3-6H,13H2,1-2H3,(H,14,15). The van der Waals surface area contributed by atoms with Crippen molar-refractivity contribution in [1.29, 1.82) is 0 Å². The minimum absolute atomic E-state index is 0.606. The number of benzene rings is 1. The normalized spacial score (nSPS) is 10.3. The summed E-state index contributed by atoms with van der Waals surface area (Å²) in [5, 5.41) is 7.35. The van der Waals surface area contributed by atoms with Crippen molar-refractivity contribution < 1.29 is 4.74 Å². The van der Waals surface area contributed by atoms with Gasteiger partial charge in [-0.25, -0.2) is 0 Å². The summed E-state index contributed by atoms with van der Waals surface area (Å²) in [6.07, 6.45) is 1.75. The SMILES string of the molecule is COc1cc(Nc2nn(C)cc2N)ccc1Br. The van der Waals surface area contributed by atoms with E-state index in [1.54, 1.807) is 18.0 Å². The van der Waals surface area contributed by atoms with Crippen LogP contribution in [0.1, 0.15) is 0 Å². The first-order valence-electron chi connectivity index (χ1n) is 5.00. The maximum absolute atomic E-state index is 5.80. The lowest BCUT2D eigenvalue weighted by atomic mass is 10.3. The third-order valence-electron chi connectivity index (χ3n) is 2.27. The highest BCUT2D eigenvalue weighted by atomic mass is 79.9. The number of nitrogen functional groups attached to an aromatic ring is 1. The number of aromatic nitrogens is 2. The predicted molar refractivity (Wildman–Crippen MR) is 71.6 cm³/mol. The average Bonchev–Trinajstić information content (AvgIpc) is 2.60. The topological polar surface area (TPSA) is 65.1 Å². The fourth-order valence-electron chi connectivity index (χ4n) is 1.48. The van der Waals surface area contributed by atoms with E-state index in [0.717, 1.165) is 15.9 Å². The van der Waals surface area contributed by atoms with Gasteiger partial charge < -0.3 is 15.8 Å². The van der Waals surface area contributed by atoms with Crippen LogP contribution in [0.15, 0.2) is 28.9 Å². The lowest BCUT2D eigenvalue weighted by molar-refractivity contribution is 0.412. The van der Waals surface area contributed by atoms with E-state index in [0.29, 0.717) is 11.5 Å². The summed E-state index contributed by atoms with van der Waals surface area (Å²) in [5.74, 6) is 1.39. The highest BCUT2D eigenvalue weighted by Crippen LogP contribution is 2.30. The molecule has 0 atom stereocenters. The second-order valence-electron chi connectivity index (χ2n) is 3.58. The Morgan fingerprint density at radius 2 is 2.24 bits per heavy atom. The monoisotopic (exact) mass is 296 g/mol. The van der Waals surface area contributed by atoms with Gasteiger partial charge in [0.15, 0.2) is 5.82 Å². The number of rotatable bonds is 3. The van der Waals surface area contributed by atoms with Crippen LogP contribution in [0.4, 0.5) is 17.2 Å². The Morgan fingerprint density at radius 1 is 1.47 bits per heavy atom. The summed E-state index contributed by atoms with van der Waals surface area (Å²) in [4.78, 5) is 0. The molecule has 1 heterocycles. The lowest BCUT2D eigenvalue weighted by Crippen LogP contribution is -1.96. The molecule has 2 rings (SSSR count). The van der Waals surface area contributed by atoms with Crippen molar-refractivity contribution in [3.8, 4) is 5.75 Å². The quantitative estimate of drug-likeness (QED) is 0.913. The van der Waals surface area contributed by atoms with Crippen LogP contribution in [0.5, 0.6) is 5.75 Å². The van der Waals surface area contributed by atoms with E-state index in [2.05, 4.69) is 26.3 Å². The molecule has 0 aliphatic carbocycles. The van der Waals surface area contributed by atoms with E-state index >= 15 is 0 Å². The van der Waals surface area contributed by atoms with Gasteiger partial charge in [-0.15, -0.1) is 0 Å². The van der Waals surface area contributed by atoms with Crippen molar-refractivity contribution in [2.45, 2.75) is 0 Å². The molecule has 17 heavy (non-hydrogen) atoms. The van der Waals surface area contributed by atoms with Gasteiger partial charge in [0.25, 0.3) is 0 Å². The highest BCUT2D eigenvalue weighted by Gasteiger charge is 2.06. The van der Waals surface area contributed by atoms with Crippen LogP contribution in [0.3, 0.4) is 0 Å². The lowest BCUT2D eigenvalue weighted by Gasteiger charge is -2.08. The maximum atomic E-state index is 5.80. The Morgan fingerprint density at radius 3 is 2.82 bits per heavy atom. The molecule has 0 amide bonds. The minimum atomic E-state index is 0.606. The summed E-state index contributed by atoms with van der Waals surface area (Å²) < 4.78 is 7.78. The molecule has 0 unspecified atom stereocenters. The van der Waals surface area contributed by atoms with Gasteiger partial charge in [-0.1, -0.05) is 0 Å². The zero-order chi connectivity index (χ0) is 12.4. The molecule has 1 aromatic heterocycles. The number of nitrogens with two attached hydrogens (primary N) is 1. The molecular weight excluding hydrogens is 284 g/mol. The molecule has 90 valence electrons. The second-order valence-corrected chi connectivity index (χ2v) is 4.44. The van der Waals surface area contributed by atoms with Crippen molar-refractivity contribution in [3.05, 3.63) is 28.9 Å². The molecule has 0 saturated heterocycles. The van der Waals surface area contributed by atoms with Crippen molar-refractivity contribution >= 4 is 33.1 Å². The van der Waals surface area contributed by atoms with Crippen LogP contribution >= 0.6 is 15.9 Å². The zero-order valence-electron chi connectivity index (χ0n) is 9.57. The number of halogens is 1. The van der Waals surface area contributed by atoms with E-state index in [1.807, 2.05) is 25.2 Å². The van der Waals surface area contributed by atoms with Gasteiger partial charge in [-0.2, -0.15) is 5.10 Å². The molecule has 1 aromatic carbocycles. The largest absolute Gasteiger partial charge is 0.495 e. The van der Waals surface area contributed by atoms with Gasteiger partial charge in [-0.3, -0.25) is 4.68 Å². The minimum Gasteiger partial charge on any atom is -0.495 e. The third kappa shape index (κ3) is 2.52. The summed E-state index contributed by atoms with van der Waals surface area (Å²) in [6, 6.07) is 5.69. The predicted octanol–water partition coefficient (Wildman–Crippen LogP) is 2.52. The molecular formula is C11H13BrN4O. The number of nitrogens with zero attached hydrogens (tertiary/aromatic N) is 2. The van der Waals surface area contributed by atoms with E-state index in [1.165, 1.54) is 0 Å². The van der Waals surface area contributed by atoms with Gasteiger partial charge in [0.1, 0.15) is 5.75 Å². The number of aryl methyl sites for hydroxylation is 1. The highest BCUT2D eigenvalue weighted by molar-refractivity contribution is 9.10. The molecule has 3 N–H and O–H groups in total. The van der Waals surface area contributed by atoms with Gasteiger partial charge in [0.2, 0.25) is 0 Å². The molecule has 0 saturated carbocycles. The average molecular weight is 297 g/mol. The summed E-state index contributed by atoms with van der Waals surface area (Å²) in [7, 11) is 3.45. The summed E-state index contributed by atoms with van der Waals surface area (Å²) >= 11 is 3.40. The number of anilines is 3. The Kier molecular flexibility index (Phi) is 3.23. The van der Waals surface area contributed by atoms with Gasteiger partial charge >= 0.3 is 0 Å². The number of ether oxygens (including phenoxy) is 1. The Hall–Kier alpha value is -1.69. The molecule has 2 aromatic rings. The molecule has 0 bridgehead atoms. The summed E-state index contributed by atoms with van der Waals surface area (Å²) in [5.41, 5.74) is 7.28. The Labute approximate surface area is 108 Å². The molecule has 0 radical (unpaired) electrons. The van der Waals surface area contributed by atoms with E-state index in [9.17, 15) is 0 Å². The van der Waals surface area contributed by atoms with Crippen LogP contribution in [0.25, 0.3) is 0 Å². The zero-order valence-corrected chi connectivity index (χ0v) is 11.2. The molecule has 0 aliphatic heterocycles. The van der Waals surface area contributed by atoms with Crippen LogP contribution in [-0.2, 0) is 7.05 Å². The number of methoxy groups -OCH3 is 1. The van der Waals surface area contributed by atoms with Crippen LogP contribution in [0, 0.1) is 0 Å². The molecule has 0 aliphatic rings. The van der Waals surface area contributed by atoms with Crippen molar-refractivity contribution in [2.24, 2.45) is 7.05 Å². The molecule has 0 spiro atoms. The number of hydrogen-bond acceptors (Lipinski definition) is 4. The fourth-order valence-corrected chi connectivity index (χ4v) is 1.89. The molecule has 6 heteroatoms. The Balaban J connectivity index is 2.27. The fraction of sp³-hybridized carbons (Fsp3) is 0.182. The van der Waals surface area contributed by atoms with E-state index < -0.39 is 0 Å². The van der Waals surface area contributed by atoms with Crippen molar-refractivity contribution in [2.75, 3.05) is 18.2 Å². The molecule has 0 fully saturated rings. The first kappa shape index (κ1) is 11.8. The maximum Gasteiger partial charge on any atom is 0.175 e. The van der Waals surface area contributed by atoms with Crippen molar-refractivity contribution in [3.63, 3.8) is 0 Å². The summed E-state index contributed by atoms with van der Waals surface area (Å²) in [6.45, 7) is 0. The van der Waals surface area contributed by atoms with Crippen LogP contribution < -0.4 is 15.8 Å². The molecule has 5 nitrogen and oxygen atoms in total. The first-order valence-corrected chi connectivity index (χ1v) is 5.79. The first-order chi connectivity index (χ1) is 8.10. The van der Waals surface area contributed by atoms with Gasteiger partial charge in [-0.05, 0) is 28.1 Å². The number of hydrogen-bond donors (Lipinski definition) is 2. The van der Waals surface area contributed by atoms with Crippen LogP contribution in [-0.4, -0.2) is 16.9 Å². The van der Waals surface area contributed by atoms with E-state index in [-0.39, 0.29) is 0 Å². The van der Waals surface area contributed by atoms with Gasteiger partial charge in [0, 0.05) is 25.0 Å². The smallest absolute Gasteiger partial charge is 0.175 e. The Bertz CT molecular complexity index is 538.